The van der Waals surface area contributed by atoms with Crippen molar-refractivity contribution >= 4 is 5.97 Å². The molecule has 0 aliphatic rings. The molecule has 1 unspecified atom stereocenters. The Kier molecular flexibility index (Phi) is 7.19. The molecule has 0 saturated heterocycles. The molecule has 2 N–H and O–H groups in total. The van der Waals surface area contributed by atoms with Gasteiger partial charge >= 0.3 is 5.97 Å². The predicted molar refractivity (Wildman–Crippen MR) is 83.9 cm³/mol. The van der Waals surface area contributed by atoms with Crippen LogP contribution in [0, 0.1) is 0 Å². The van der Waals surface area contributed by atoms with Crippen molar-refractivity contribution in [3.8, 4) is 5.75 Å². The number of aliphatic carboxylic acids is 1. The molecule has 0 amide bonds. The summed E-state index contributed by atoms with van der Waals surface area (Å²) in [7, 11) is 3.99. The quantitative estimate of drug-likeness (QED) is 0.725. The Labute approximate surface area is 126 Å². The molecule has 1 atom stereocenters. The van der Waals surface area contributed by atoms with E-state index in [1.54, 1.807) is 0 Å². The molecule has 1 aromatic rings. The summed E-state index contributed by atoms with van der Waals surface area (Å²) in [5, 5.41) is 12.3. The van der Waals surface area contributed by atoms with Crippen LogP contribution in [0.25, 0.3) is 0 Å². The molecule has 0 radical (unpaired) electrons. The van der Waals surface area contributed by atoms with E-state index in [2.05, 4.69) is 10.2 Å². The highest BCUT2D eigenvalue weighted by Gasteiger charge is 2.18. The molecule has 1 aromatic carbocycles. The van der Waals surface area contributed by atoms with E-state index < -0.39 is 12.0 Å². The Morgan fingerprint density at radius 3 is 2.67 bits per heavy atom. The van der Waals surface area contributed by atoms with E-state index in [0.717, 1.165) is 17.9 Å². The molecule has 0 heterocycles. The van der Waals surface area contributed by atoms with Crippen LogP contribution in [0.4, 0.5) is 0 Å². The largest absolute Gasteiger partial charge is 0.492 e. The van der Waals surface area contributed by atoms with Gasteiger partial charge < -0.3 is 20.1 Å². The van der Waals surface area contributed by atoms with E-state index in [-0.39, 0.29) is 6.04 Å². The number of rotatable bonds is 9. The maximum atomic E-state index is 11.3. The summed E-state index contributed by atoms with van der Waals surface area (Å²) in [5.74, 6) is -0.0503. The van der Waals surface area contributed by atoms with Gasteiger partial charge in [0, 0.05) is 12.6 Å². The van der Waals surface area contributed by atoms with Crippen molar-refractivity contribution in [1.29, 1.82) is 0 Å². The molecule has 5 heteroatoms. The van der Waals surface area contributed by atoms with Crippen LogP contribution < -0.4 is 10.1 Å². The first-order valence-electron chi connectivity index (χ1n) is 7.24. The molecule has 0 aliphatic carbocycles. The van der Waals surface area contributed by atoms with Crippen molar-refractivity contribution in [2.24, 2.45) is 0 Å². The third-order valence-electron chi connectivity index (χ3n) is 2.98. The zero-order valence-electron chi connectivity index (χ0n) is 13.3. The van der Waals surface area contributed by atoms with Gasteiger partial charge in [0.25, 0.3) is 0 Å². The van der Waals surface area contributed by atoms with Gasteiger partial charge in [-0.2, -0.15) is 0 Å². The second kappa shape index (κ2) is 8.64. The fourth-order valence-corrected chi connectivity index (χ4v) is 1.96. The summed E-state index contributed by atoms with van der Waals surface area (Å²) in [6, 6.07) is 7.18. The lowest BCUT2D eigenvalue weighted by Crippen LogP contribution is -2.42. The number of nitrogens with zero attached hydrogens (tertiary/aromatic N) is 1. The zero-order valence-corrected chi connectivity index (χ0v) is 13.3. The van der Waals surface area contributed by atoms with Gasteiger partial charge in [-0.15, -0.1) is 0 Å². The van der Waals surface area contributed by atoms with Crippen molar-refractivity contribution in [3.05, 3.63) is 29.8 Å². The standard InChI is InChI=1S/C16H26N2O3/c1-12(2)17-15(16(19)20)11-13-6-5-7-14(10-13)21-9-8-18(3)4/h5-7,10,12,15,17H,8-9,11H2,1-4H3,(H,19,20). The number of carbonyl (C=O) groups is 1. The van der Waals surface area contributed by atoms with Gasteiger partial charge in [0.1, 0.15) is 18.4 Å². The summed E-state index contributed by atoms with van der Waals surface area (Å²) in [4.78, 5) is 13.3. The molecule has 5 nitrogen and oxygen atoms in total. The normalized spacial score (nSPS) is 12.7. The molecule has 0 saturated carbocycles. The molecular formula is C16H26N2O3. The summed E-state index contributed by atoms with van der Waals surface area (Å²) in [6.45, 7) is 5.34. The highest BCUT2D eigenvalue weighted by atomic mass is 16.5. The van der Waals surface area contributed by atoms with Crippen molar-refractivity contribution in [3.63, 3.8) is 0 Å². The Balaban J connectivity index is 2.63. The SMILES string of the molecule is CC(C)NC(Cc1cccc(OCCN(C)C)c1)C(=O)O. The average molecular weight is 294 g/mol. The van der Waals surface area contributed by atoms with E-state index in [1.807, 2.05) is 52.2 Å². The van der Waals surface area contributed by atoms with Crippen LogP contribution >= 0.6 is 0 Å². The average Bonchev–Trinajstić information content (AvgIpc) is 2.37. The third-order valence-corrected chi connectivity index (χ3v) is 2.98. The molecule has 0 spiro atoms. The summed E-state index contributed by atoms with van der Waals surface area (Å²) >= 11 is 0. The van der Waals surface area contributed by atoms with Crippen LogP contribution in [0.1, 0.15) is 19.4 Å². The van der Waals surface area contributed by atoms with Crippen molar-refractivity contribution in [2.45, 2.75) is 32.4 Å². The minimum atomic E-state index is -0.831. The van der Waals surface area contributed by atoms with E-state index in [0.29, 0.717) is 13.0 Å². The molecule has 21 heavy (non-hydrogen) atoms. The van der Waals surface area contributed by atoms with Crippen LogP contribution in [0.15, 0.2) is 24.3 Å². The van der Waals surface area contributed by atoms with E-state index in [4.69, 9.17) is 4.74 Å². The van der Waals surface area contributed by atoms with Gasteiger partial charge in [0.2, 0.25) is 0 Å². The van der Waals surface area contributed by atoms with E-state index in [9.17, 15) is 9.90 Å². The van der Waals surface area contributed by atoms with Gasteiger partial charge in [-0.25, -0.2) is 0 Å². The monoisotopic (exact) mass is 294 g/mol. The van der Waals surface area contributed by atoms with E-state index in [1.165, 1.54) is 0 Å². The second-order valence-electron chi connectivity index (χ2n) is 5.72. The smallest absolute Gasteiger partial charge is 0.321 e. The van der Waals surface area contributed by atoms with Crippen molar-refractivity contribution in [1.82, 2.24) is 10.2 Å². The number of carboxylic acids is 1. The maximum absolute atomic E-state index is 11.3. The molecular weight excluding hydrogens is 268 g/mol. The Morgan fingerprint density at radius 1 is 1.38 bits per heavy atom. The van der Waals surface area contributed by atoms with Crippen LogP contribution in [0.3, 0.4) is 0 Å². The van der Waals surface area contributed by atoms with Crippen LogP contribution in [0.5, 0.6) is 5.75 Å². The van der Waals surface area contributed by atoms with Gasteiger partial charge in [0.15, 0.2) is 0 Å². The molecule has 0 bridgehead atoms. The molecule has 1 rings (SSSR count). The molecule has 118 valence electrons. The fourth-order valence-electron chi connectivity index (χ4n) is 1.96. The molecule has 0 aromatic heterocycles. The first-order valence-corrected chi connectivity index (χ1v) is 7.24. The lowest BCUT2D eigenvalue weighted by atomic mass is 10.1. The summed E-state index contributed by atoms with van der Waals surface area (Å²) < 4.78 is 5.67. The highest BCUT2D eigenvalue weighted by molar-refractivity contribution is 5.74. The van der Waals surface area contributed by atoms with Crippen molar-refractivity contribution < 1.29 is 14.6 Å². The Bertz CT molecular complexity index is 447. The highest BCUT2D eigenvalue weighted by Crippen LogP contribution is 2.15. The summed E-state index contributed by atoms with van der Waals surface area (Å²) in [5.41, 5.74) is 0.956. The number of likely N-dealkylation sites (N-methyl/N-ethyl adjacent to an activating group) is 1. The number of benzene rings is 1. The minimum Gasteiger partial charge on any atom is -0.492 e. The number of hydrogen-bond acceptors (Lipinski definition) is 4. The van der Waals surface area contributed by atoms with Crippen LogP contribution in [-0.4, -0.2) is 55.3 Å². The lowest BCUT2D eigenvalue weighted by molar-refractivity contribution is -0.139. The number of hydrogen-bond donors (Lipinski definition) is 2. The molecule has 0 aliphatic heterocycles. The van der Waals surface area contributed by atoms with Gasteiger partial charge in [-0.3, -0.25) is 4.79 Å². The van der Waals surface area contributed by atoms with Gasteiger partial charge in [-0.05, 0) is 38.2 Å². The zero-order chi connectivity index (χ0) is 15.8. The Hall–Kier alpha value is -1.59. The maximum Gasteiger partial charge on any atom is 0.321 e. The predicted octanol–water partition coefficient (Wildman–Crippen LogP) is 1.62. The second-order valence-corrected chi connectivity index (χ2v) is 5.72. The first kappa shape index (κ1) is 17.5. The lowest BCUT2D eigenvalue weighted by Gasteiger charge is -2.18. The first-order chi connectivity index (χ1) is 9.88. The van der Waals surface area contributed by atoms with Crippen LogP contribution in [0.2, 0.25) is 0 Å². The molecule has 0 fully saturated rings. The van der Waals surface area contributed by atoms with Crippen LogP contribution in [-0.2, 0) is 11.2 Å². The topological polar surface area (TPSA) is 61.8 Å². The minimum absolute atomic E-state index is 0.130. The van der Waals surface area contributed by atoms with Crippen molar-refractivity contribution in [2.75, 3.05) is 27.2 Å². The van der Waals surface area contributed by atoms with E-state index >= 15 is 0 Å². The van der Waals surface area contributed by atoms with Gasteiger partial charge in [0.05, 0.1) is 0 Å². The Morgan fingerprint density at radius 2 is 2.10 bits per heavy atom. The number of ether oxygens (including phenoxy) is 1. The third kappa shape index (κ3) is 7.11. The van der Waals surface area contributed by atoms with Gasteiger partial charge in [-0.1, -0.05) is 26.0 Å². The number of carboxylic acid groups (broad SMARTS) is 1. The number of nitrogens with one attached hydrogen (secondary N) is 1. The summed E-state index contributed by atoms with van der Waals surface area (Å²) in [6.07, 6.45) is 0.443. The fraction of sp³-hybridized carbons (Fsp3) is 0.562.